The van der Waals surface area contributed by atoms with Crippen LogP contribution in [0.5, 0.6) is 5.75 Å². The van der Waals surface area contributed by atoms with Crippen molar-refractivity contribution in [2.75, 3.05) is 7.11 Å². The van der Waals surface area contributed by atoms with Gasteiger partial charge in [0.1, 0.15) is 0 Å². The summed E-state index contributed by atoms with van der Waals surface area (Å²) in [7, 11) is 1.47. The van der Waals surface area contributed by atoms with Gasteiger partial charge in [0.25, 0.3) is 5.69 Å². The van der Waals surface area contributed by atoms with Gasteiger partial charge in [-0.05, 0) is 19.1 Å². The zero-order valence-corrected chi connectivity index (χ0v) is 9.45. The van der Waals surface area contributed by atoms with Crippen LogP contribution in [-0.2, 0) is 0 Å². The summed E-state index contributed by atoms with van der Waals surface area (Å²) < 4.78 is 6.59. The third-order valence-corrected chi connectivity index (χ3v) is 2.35. The predicted octanol–water partition coefficient (Wildman–Crippen LogP) is 2.10. The van der Waals surface area contributed by atoms with E-state index in [1.54, 1.807) is 24.4 Å². The fourth-order valence-corrected chi connectivity index (χ4v) is 1.59. The fraction of sp³-hybridized carbons (Fsp3) is 0.182. The minimum absolute atomic E-state index is 0.0348. The molecule has 1 aromatic carbocycles. The summed E-state index contributed by atoms with van der Waals surface area (Å²) in [6, 6.07) is 6.45. The van der Waals surface area contributed by atoms with Crippen LogP contribution in [0.1, 0.15) is 5.69 Å². The second kappa shape index (κ2) is 4.25. The number of aromatic nitrogens is 2. The second-order valence-corrected chi connectivity index (χ2v) is 3.49. The molecule has 0 atom stereocenters. The molecule has 6 nitrogen and oxygen atoms in total. The smallest absolute Gasteiger partial charge is 0.298 e. The molecule has 0 radical (unpaired) electrons. The maximum atomic E-state index is 11.0. The van der Waals surface area contributed by atoms with Gasteiger partial charge in [0.05, 0.1) is 17.7 Å². The molecule has 0 aliphatic carbocycles. The van der Waals surface area contributed by atoms with Crippen LogP contribution in [0.2, 0.25) is 0 Å². The third-order valence-electron chi connectivity index (χ3n) is 2.35. The number of aryl methyl sites for hydroxylation is 1. The van der Waals surface area contributed by atoms with Crippen LogP contribution in [0.4, 0.5) is 5.69 Å². The van der Waals surface area contributed by atoms with E-state index in [9.17, 15) is 10.1 Å². The Morgan fingerprint density at radius 3 is 2.71 bits per heavy atom. The highest BCUT2D eigenvalue weighted by Gasteiger charge is 2.20. The number of hydrogen-bond donors (Lipinski definition) is 0. The van der Waals surface area contributed by atoms with Crippen LogP contribution in [0, 0.1) is 17.0 Å². The molecular formula is C11H11N3O3. The Balaban J connectivity index is 2.68. The lowest BCUT2D eigenvalue weighted by Gasteiger charge is -2.08. The van der Waals surface area contributed by atoms with E-state index in [0.29, 0.717) is 11.4 Å². The number of nitro benzene ring substituents is 1. The minimum atomic E-state index is -0.450. The van der Waals surface area contributed by atoms with Crippen molar-refractivity contribution in [1.29, 1.82) is 0 Å². The summed E-state index contributed by atoms with van der Waals surface area (Å²) in [6.07, 6.45) is 1.67. The number of rotatable bonds is 3. The number of methoxy groups -OCH3 is 1. The van der Waals surface area contributed by atoms with Crippen LogP contribution >= 0.6 is 0 Å². The zero-order valence-electron chi connectivity index (χ0n) is 9.45. The fourth-order valence-electron chi connectivity index (χ4n) is 1.59. The lowest BCUT2D eigenvalue weighted by atomic mass is 10.2. The Hall–Kier alpha value is -2.37. The first-order valence-corrected chi connectivity index (χ1v) is 4.97. The summed E-state index contributed by atoms with van der Waals surface area (Å²) in [5.74, 6) is 0.419. The van der Waals surface area contributed by atoms with Crippen LogP contribution in [0.3, 0.4) is 0 Å². The van der Waals surface area contributed by atoms with Crippen molar-refractivity contribution in [3.05, 3.63) is 46.3 Å². The lowest BCUT2D eigenvalue weighted by Crippen LogP contribution is -2.03. The Morgan fingerprint density at radius 1 is 1.41 bits per heavy atom. The van der Waals surface area contributed by atoms with E-state index in [4.69, 9.17) is 4.74 Å². The zero-order chi connectivity index (χ0) is 12.4. The molecule has 1 aromatic heterocycles. The standard InChI is InChI=1S/C11H11N3O3/c1-8-6-7-13(12-8)11-9(14(15)16)4-3-5-10(11)17-2/h3-7H,1-2H3. The van der Waals surface area contributed by atoms with Gasteiger partial charge >= 0.3 is 0 Å². The van der Waals surface area contributed by atoms with Crippen molar-refractivity contribution in [3.63, 3.8) is 0 Å². The van der Waals surface area contributed by atoms with E-state index < -0.39 is 4.92 Å². The molecule has 0 spiro atoms. The molecule has 17 heavy (non-hydrogen) atoms. The van der Waals surface area contributed by atoms with Crippen molar-refractivity contribution in [2.24, 2.45) is 0 Å². The molecule has 0 aliphatic heterocycles. The van der Waals surface area contributed by atoms with E-state index in [0.717, 1.165) is 5.69 Å². The Kier molecular flexibility index (Phi) is 2.78. The van der Waals surface area contributed by atoms with E-state index >= 15 is 0 Å². The van der Waals surface area contributed by atoms with Gasteiger partial charge < -0.3 is 4.74 Å². The van der Waals surface area contributed by atoms with Crippen molar-refractivity contribution < 1.29 is 9.66 Å². The van der Waals surface area contributed by atoms with Crippen LogP contribution in [0.25, 0.3) is 5.69 Å². The van der Waals surface area contributed by atoms with E-state index in [2.05, 4.69) is 5.10 Å². The number of ether oxygens (including phenoxy) is 1. The summed E-state index contributed by atoms with van der Waals surface area (Å²) in [5, 5.41) is 15.1. The summed E-state index contributed by atoms with van der Waals surface area (Å²) >= 11 is 0. The average molecular weight is 233 g/mol. The minimum Gasteiger partial charge on any atom is -0.494 e. The first-order valence-electron chi connectivity index (χ1n) is 4.97. The molecule has 0 amide bonds. The van der Waals surface area contributed by atoms with Crippen LogP contribution in [0.15, 0.2) is 30.5 Å². The molecule has 1 heterocycles. The predicted molar refractivity (Wildman–Crippen MR) is 61.5 cm³/mol. The maximum Gasteiger partial charge on any atom is 0.298 e. The molecule has 88 valence electrons. The molecule has 0 aliphatic rings. The Bertz CT molecular complexity index is 563. The van der Waals surface area contributed by atoms with Crippen molar-refractivity contribution >= 4 is 5.69 Å². The van der Waals surface area contributed by atoms with Crippen molar-refractivity contribution in [2.45, 2.75) is 6.92 Å². The monoisotopic (exact) mass is 233 g/mol. The normalized spacial score (nSPS) is 10.2. The largest absolute Gasteiger partial charge is 0.494 e. The highest BCUT2D eigenvalue weighted by Crippen LogP contribution is 2.31. The third kappa shape index (κ3) is 1.96. The van der Waals surface area contributed by atoms with Gasteiger partial charge in [-0.3, -0.25) is 10.1 Å². The van der Waals surface area contributed by atoms with Crippen LogP contribution in [-0.4, -0.2) is 21.8 Å². The molecule has 2 rings (SSSR count). The van der Waals surface area contributed by atoms with E-state index in [1.807, 2.05) is 6.92 Å². The van der Waals surface area contributed by atoms with Gasteiger partial charge in [-0.25, -0.2) is 4.68 Å². The molecule has 0 fully saturated rings. The average Bonchev–Trinajstić information content (AvgIpc) is 2.74. The van der Waals surface area contributed by atoms with Gasteiger partial charge in [0.2, 0.25) is 0 Å². The Morgan fingerprint density at radius 2 is 2.18 bits per heavy atom. The first-order chi connectivity index (χ1) is 8.13. The van der Waals surface area contributed by atoms with Gasteiger partial charge in [0, 0.05) is 12.3 Å². The van der Waals surface area contributed by atoms with Gasteiger partial charge in [-0.15, -0.1) is 0 Å². The molecule has 0 unspecified atom stereocenters. The molecule has 2 aromatic rings. The highest BCUT2D eigenvalue weighted by molar-refractivity contribution is 5.60. The van der Waals surface area contributed by atoms with Crippen molar-refractivity contribution in [1.82, 2.24) is 9.78 Å². The van der Waals surface area contributed by atoms with Gasteiger partial charge in [0.15, 0.2) is 11.4 Å². The first kappa shape index (κ1) is 11.1. The molecule has 0 saturated carbocycles. The van der Waals surface area contributed by atoms with Crippen molar-refractivity contribution in [3.8, 4) is 11.4 Å². The Labute approximate surface area is 97.6 Å². The van der Waals surface area contributed by atoms with Gasteiger partial charge in [-0.1, -0.05) is 6.07 Å². The SMILES string of the molecule is COc1cccc([N+](=O)[O-])c1-n1ccc(C)n1. The number of nitro groups is 1. The second-order valence-electron chi connectivity index (χ2n) is 3.49. The number of hydrogen-bond acceptors (Lipinski definition) is 4. The number of benzene rings is 1. The molecule has 0 N–H and O–H groups in total. The van der Waals surface area contributed by atoms with Crippen LogP contribution < -0.4 is 4.74 Å². The topological polar surface area (TPSA) is 70.2 Å². The number of nitrogens with zero attached hydrogens (tertiary/aromatic N) is 3. The van der Waals surface area contributed by atoms with E-state index in [1.165, 1.54) is 17.9 Å². The summed E-state index contributed by atoms with van der Waals surface area (Å²) in [5.41, 5.74) is 1.09. The quantitative estimate of drug-likeness (QED) is 0.601. The molecule has 6 heteroatoms. The van der Waals surface area contributed by atoms with Gasteiger partial charge in [-0.2, -0.15) is 5.10 Å². The number of para-hydroxylation sites is 1. The summed E-state index contributed by atoms with van der Waals surface area (Å²) in [6.45, 7) is 1.82. The van der Waals surface area contributed by atoms with E-state index in [-0.39, 0.29) is 5.69 Å². The molecular weight excluding hydrogens is 222 g/mol. The highest BCUT2D eigenvalue weighted by atomic mass is 16.6. The summed E-state index contributed by atoms with van der Waals surface area (Å²) in [4.78, 5) is 10.5. The molecule has 0 saturated heterocycles. The molecule has 0 bridgehead atoms. The lowest BCUT2D eigenvalue weighted by molar-refractivity contribution is -0.384. The maximum absolute atomic E-state index is 11.0.